The summed E-state index contributed by atoms with van der Waals surface area (Å²) >= 11 is 2.04. The van der Waals surface area contributed by atoms with Gasteiger partial charge in [-0.25, -0.2) is 0 Å². The van der Waals surface area contributed by atoms with Gasteiger partial charge in [0.25, 0.3) is 0 Å². The van der Waals surface area contributed by atoms with Gasteiger partial charge in [0.05, 0.1) is 0 Å². The molecule has 0 N–H and O–H groups in total. The average molecular weight is 127 g/mol. The van der Waals surface area contributed by atoms with E-state index >= 15 is 0 Å². The van der Waals surface area contributed by atoms with E-state index in [4.69, 9.17) is 0 Å². The summed E-state index contributed by atoms with van der Waals surface area (Å²) in [6, 6.07) is 0. The monoisotopic (exact) mass is 127 g/mol. The second-order valence-corrected chi connectivity index (χ2v) is 3.33. The number of hydrogen-bond donors (Lipinski definition) is 0. The van der Waals surface area contributed by atoms with Crippen molar-refractivity contribution >= 4 is 11.8 Å². The van der Waals surface area contributed by atoms with Gasteiger partial charge in [-0.05, 0) is 25.5 Å². The number of hydrogen-bond acceptors (Lipinski definition) is 1. The summed E-state index contributed by atoms with van der Waals surface area (Å²) in [5, 5.41) is 0.785. The maximum atomic E-state index is 3.66. The third kappa shape index (κ3) is 1.55. The highest BCUT2D eigenvalue weighted by molar-refractivity contribution is 8.00. The SMILES string of the molecule is [CH2]C=CC1CCCS1. The first-order chi connectivity index (χ1) is 3.93. The normalized spacial score (nSPS) is 29.9. The van der Waals surface area contributed by atoms with Crippen molar-refractivity contribution in [2.24, 2.45) is 0 Å². The van der Waals surface area contributed by atoms with Crippen LogP contribution >= 0.6 is 11.8 Å². The van der Waals surface area contributed by atoms with E-state index in [0.29, 0.717) is 0 Å². The van der Waals surface area contributed by atoms with E-state index in [2.05, 4.69) is 13.0 Å². The van der Waals surface area contributed by atoms with Crippen LogP contribution in [0.15, 0.2) is 12.2 Å². The molecule has 1 saturated heterocycles. The molecule has 1 rings (SSSR count). The predicted molar refractivity (Wildman–Crippen MR) is 40.0 cm³/mol. The minimum atomic E-state index is 0.785. The van der Waals surface area contributed by atoms with E-state index in [1.165, 1.54) is 18.6 Å². The molecule has 1 fully saturated rings. The highest BCUT2D eigenvalue weighted by Crippen LogP contribution is 2.26. The van der Waals surface area contributed by atoms with Crippen LogP contribution in [0.2, 0.25) is 0 Å². The van der Waals surface area contributed by atoms with E-state index in [-0.39, 0.29) is 0 Å². The van der Waals surface area contributed by atoms with Gasteiger partial charge in [-0.15, -0.1) is 0 Å². The molecule has 0 saturated carbocycles. The van der Waals surface area contributed by atoms with Gasteiger partial charge in [0.15, 0.2) is 0 Å². The molecule has 0 amide bonds. The Kier molecular flexibility index (Phi) is 2.47. The quantitative estimate of drug-likeness (QED) is 0.520. The summed E-state index contributed by atoms with van der Waals surface area (Å²) in [5.74, 6) is 1.34. The predicted octanol–water partition coefficient (Wildman–Crippen LogP) is 2.27. The van der Waals surface area contributed by atoms with Gasteiger partial charge in [-0.1, -0.05) is 12.2 Å². The van der Waals surface area contributed by atoms with Crippen molar-refractivity contribution in [3.05, 3.63) is 19.1 Å². The van der Waals surface area contributed by atoms with Crippen LogP contribution in [-0.4, -0.2) is 11.0 Å². The molecule has 0 aromatic rings. The van der Waals surface area contributed by atoms with Gasteiger partial charge in [0.1, 0.15) is 0 Å². The Morgan fingerprint density at radius 1 is 1.62 bits per heavy atom. The highest BCUT2D eigenvalue weighted by atomic mass is 32.2. The Labute approximate surface area is 55.4 Å². The van der Waals surface area contributed by atoms with Gasteiger partial charge < -0.3 is 0 Å². The lowest BCUT2D eigenvalue weighted by Crippen LogP contribution is -1.86. The maximum absolute atomic E-state index is 3.66. The maximum Gasteiger partial charge on any atom is 0.0227 e. The summed E-state index contributed by atoms with van der Waals surface area (Å²) in [7, 11) is 0. The third-order valence-electron chi connectivity index (χ3n) is 1.32. The topological polar surface area (TPSA) is 0 Å². The van der Waals surface area contributed by atoms with Crippen LogP contribution in [0.4, 0.5) is 0 Å². The van der Waals surface area contributed by atoms with Crippen molar-refractivity contribution in [2.45, 2.75) is 18.1 Å². The minimum Gasteiger partial charge on any atom is -0.154 e. The molecule has 0 aliphatic carbocycles. The lowest BCUT2D eigenvalue weighted by molar-refractivity contribution is 0.881. The Morgan fingerprint density at radius 3 is 3.00 bits per heavy atom. The summed E-state index contributed by atoms with van der Waals surface area (Å²) in [4.78, 5) is 0. The van der Waals surface area contributed by atoms with Crippen LogP contribution in [0.1, 0.15) is 12.8 Å². The first-order valence-corrected chi connectivity index (χ1v) is 4.06. The summed E-state index contributed by atoms with van der Waals surface area (Å²) < 4.78 is 0. The van der Waals surface area contributed by atoms with Crippen LogP contribution in [0, 0.1) is 6.92 Å². The van der Waals surface area contributed by atoms with Crippen LogP contribution in [0.3, 0.4) is 0 Å². The van der Waals surface area contributed by atoms with Gasteiger partial charge in [-0.3, -0.25) is 0 Å². The highest BCUT2D eigenvalue weighted by Gasteiger charge is 2.10. The van der Waals surface area contributed by atoms with Gasteiger partial charge in [-0.2, -0.15) is 11.8 Å². The van der Waals surface area contributed by atoms with Gasteiger partial charge in [0.2, 0.25) is 0 Å². The molecule has 0 bridgehead atoms. The molecule has 1 aliphatic heterocycles. The molecular formula is C7H11S. The molecule has 1 unspecified atom stereocenters. The third-order valence-corrected chi connectivity index (χ3v) is 2.66. The van der Waals surface area contributed by atoms with E-state index in [1.54, 1.807) is 0 Å². The lowest BCUT2D eigenvalue weighted by Gasteiger charge is -1.96. The molecule has 1 radical (unpaired) electrons. The standard InChI is InChI=1S/C7H11S/c1-2-4-7-5-3-6-8-7/h2,4,7H,1,3,5-6H2. The molecule has 0 nitrogen and oxygen atoms in total. The lowest BCUT2D eigenvalue weighted by atomic mass is 10.2. The molecule has 45 valence electrons. The Bertz CT molecular complexity index is 80.4. The fourth-order valence-corrected chi connectivity index (χ4v) is 2.10. The molecule has 1 heteroatoms. The van der Waals surface area contributed by atoms with E-state index in [1.807, 2.05) is 17.8 Å². The van der Waals surface area contributed by atoms with Crippen molar-refractivity contribution in [3.63, 3.8) is 0 Å². The van der Waals surface area contributed by atoms with Crippen molar-refractivity contribution in [1.82, 2.24) is 0 Å². The zero-order valence-corrected chi connectivity index (χ0v) is 5.79. The van der Waals surface area contributed by atoms with Crippen molar-refractivity contribution in [1.29, 1.82) is 0 Å². The van der Waals surface area contributed by atoms with Crippen LogP contribution in [0.25, 0.3) is 0 Å². The zero-order chi connectivity index (χ0) is 5.82. The Morgan fingerprint density at radius 2 is 2.50 bits per heavy atom. The van der Waals surface area contributed by atoms with Gasteiger partial charge in [0, 0.05) is 5.25 Å². The zero-order valence-electron chi connectivity index (χ0n) is 4.97. The summed E-state index contributed by atoms with van der Waals surface area (Å²) in [6.45, 7) is 3.66. The van der Waals surface area contributed by atoms with Crippen LogP contribution in [0.5, 0.6) is 0 Å². The largest absolute Gasteiger partial charge is 0.154 e. The minimum absolute atomic E-state index is 0.785. The molecule has 0 spiro atoms. The Hall–Kier alpha value is 0.0900. The first kappa shape index (κ1) is 6.21. The average Bonchev–Trinajstić information content (AvgIpc) is 2.19. The molecular weight excluding hydrogens is 116 g/mol. The van der Waals surface area contributed by atoms with E-state index in [0.717, 1.165) is 5.25 Å². The van der Waals surface area contributed by atoms with Crippen molar-refractivity contribution in [2.75, 3.05) is 5.75 Å². The second kappa shape index (κ2) is 3.18. The molecule has 8 heavy (non-hydrogen) atoms. The number of allylic oxidation sites excluding steroid dienone is 1. The summed E-state index contributed by atoms with van der Waals surface area (Å²) in [6.07, 6.45) is 6.84. The fraction of sp³-hybridized carbons (Fsp3) is 0.571. The number of thioether (sulfide) groups is 1. The van der Waals surface area contributed by atoms with Crippen LogP contribution in [-0.2, 0) is 0 Å². The Balaban J connectivity index is 2.24. The number of rotatable bonds is 1. The molecule has 0 aromatic heterocycles. The first-order valence-electron chi connectivity index (χ1n) is 3.01. The summed E-state index contributed by atoms with van der Waals surface area (Å²) in [5.41, 5.74) is 0. The second-order valence-electron chi connectivity index (χ2n) is 1.98. The molecule has 1 atom stereocenters. The van der Waals surface area contributed by atoms with Crippen LogP contribution < -0.4 is 0 Å². The molecule has 1 heterocycles. The smallest absolute Gasteiger partial charge is 0.0227 e. The van der Waals surface area contributed by atoms with E-state index in [9.17, 15) is 0 Å². The molecule has 0 aromatic carbocycles. The van der Waals surface area contributed by atoms with Crippen molar-refractivity contribution < 1.29 is 0 Å². The molecule has 1 aliphatic rings. The fourth-order valence-electron chi connectivity index (χ4n) is 0.906. The van der Waals surface area contributed by atoms with E-state index < -0.39 is 0 Å². The van der Waals surface area contributed by atoms with Gasteiger partial charge >= 0.3 is 0 Å². The van der Waals surface area contributed by atoms with Crippen molar-refractivity contribution in [3.8, 4) is 0 Å².